The molecular weight excluding hydrogens is 553 g/mol. The van der Waals surface area contributed by atoms with E-state index in [1.54, 1.807) is 34.5 Å². The minimum Gasteiger partial charge on any atom is -0.450 e. The van der Waals surface area contributed by atoms with Crippen LogP contribution < -0.4 is 16.3 Å². The first kappa shape index (κ1) is 27.5. The van der Waals surface area contributed by atoms with Crippen molar-refractivity contribution in [2.75, 3.05) is 23.5 Å². The fourth-order valence-electron chi connectivity index (χ4n) is 4.02. The molecule has 0 bridgehead atoms. The molecule has 0 spiro atoms. The van der Waals surface area contributed by atoms with Gasteiger partial charge in [-0.3, -0.25) is 20.3 Å². The standard InChI is InChI=1S/C24H23Cl2N7O4S/c1-2-37-24(36)29-23(35)18(11-27)31-30-15-9-16(25)22(17(26)10-15)33-19-3-4-21(34)32(20(19)12-28-33)13-14-5-7-38-8-6-14/h3-4,9-10,12,14,30H,2,5-8,13H2,1H3,(H,29,35,36)/b31-18-. The van der Waals surface area contributed by atoms with E-state index in [1.807, 2.05) is 17.1 Å². The summed E-state index contributed by atoms with van der Waals surface area (Å²) in [7, 11) is 0. The van der Waals surface area contributed by atoms with E-state index in [4.69, 9.17) is 23.2 Å². The zero-order valence-corrected chi connectivity index (χ0v) is 22.6. The second kappa shape index (κ2) is 12.3. The number of imide groups is 1. The Morgan fingerprint density at radius 3 is 2.61 bits per heavy atom. The first-order chi connectivity index (χ1) is 18.3. The Morgan fingerprint density at radius 1 is 1.24 bits per heavy atom. The molecule has 2 amide bonds. The topological polar surface area (TPSA) is 143 Å². The van der Waals surface area contributed by atoms with Gasteiger partial charge in [-0.25, -0.2) is 9.48 Å². The van der Waals surface area contributed by atoms with Crippen molar-refractivity contribution in [2.45, 2.75) is 26.3 Å². The van der Waals surface area contributed by atoms with Crippen molar-refractivity contribution in [1.29, 1.82) is 5.26 Å². The lowest BCUT2D eigenvalue weighted by Crippen LogP contribution is -2.36. The lowest BCUT2D eigenvalue weighted by atomic mass is 10.0. The van der Waals surface area contributed by atoms with Gasteiger partial charge in [0.1, 0.15) is 11.8 Å². The molecule has 11 nitrogen and oxygen atoms in total. The fraction of sp³-hybridized carbons (Fsp3) is 0.333. The summed E-state index contributed by atoms with van der Waals surface area (Å²) in [6.45, 7) is 2.25. The smallest absolute Gasteiger partial charge is 0.414 e. The largest absolute Gasteiger partial charge is 0.450 e. The molecule has 14 heteroatoms. The number of amides is 2. The Balaban J connectivity index is 1.60. The average molecular weight is 576 g/mol. The molecule has 1 aliphatic rings. The molecule has 198 valence electrons. The summed E-state index contributed by atoms with van der Waals surface area (Å²) in [5.74, 6) is 1.58. The molecule has 0 unspecified atom stereocenters. The number of thioether (sulfide) groups is 1. The number of nitrogens with one attached hydrogen (secondary N) is 2. The van der Waals surface area contributed by atoms with Gasteiger partial charge >= 0.3 is 6.09 Å². The van der Waals surface area contributed by atoms with Crippen LogP contribution in [0.5, 0.6) is 0 Å². The molecule has 1 aromatic carbocycles. The summed E-state index contributed by atoms with van der Waals surface area (Å²) in [5, 5.41) is 19.7. The minimum absolute atomic E-state index is 0.0586. The fourth-order valence-corrected chi connectivity index (χ4v) is 5.88. The Kier molecular flexibility index (Phi) is 8.93. The third kappa shape index (κ3) is 6.12. The molecule has 3 aromatic rings. The number of pyridine rings is 1. The Bertz CT molecular complexity index is 1480. The molecule has 0 atom stereocenters. The van der Waals surface area contributed by atoms with Crippen LogP contribution in [0.15, 0.2) is 40.4 Å². The predicted octanol–water partition coefficient (Wildman–Crippen LogP) is 4.20. The molecule has 1 saturated heterocycles. The summed E-state index contributed by atoms with van der Waals surface area (Å²) in [6, 6.07) is 7.78. The first-order valence-electron chi connectivity index (χ1n) is 11.7. The molecule has 1 fully saturated rings. The highest BCUT2D eigenvalue weighted by Gasteiger charge is 2.20. The van der Waals surface area contributed by atoms with Crippen LogP contribution in [0.2, 0.25) is 10.0 Å². The molecule has 3 heterocycles. The number of halogens is 2. The number of alkyl carbamates (subject to hydrolysis) is 1. The summed E-state index contributed by atoms with van der Waals surface area (Å²) in [5.41, 5.74) is 3.86. The third-order valence-corrected chi connectivity index (χ3v) is 7.47. The maximum atomic E-state index is 12.7. The van der Waals surface area contributed by atoms with Gasteiger partial charge in [-0.05, 0) is 55.4 Å². The van der Waals surface area contributed by atoms with E-state index in [1.165, 1.54) is 18.2 Å². The third-order valence-electron chi connectivity index (χ3n) is 5.85. The molecule has 2 N–H and O–H groups in total. The van der Waals surface area contributed by atoms with Gasteiger partial charge in [0.15, 0.2) is 0 Å². The van der Waals surface area contributed by atoms with Gasteiger partial charge in [-0.1, -0.05) is 23.2 Å². The molecule has 0 radical (unpaired) electrons. The van der Waals surface area contributed by atoms with Gasteiger partial charge in [0.25, 0.3) is 11.5 Å². The maximum absolute atomic E-state index is 12.7. The van der Waals surface area contributed by atoms with E-state index in [0.29, 0.717) is 29.2 Å². The van der Waals surface area contributed by atoms with Gasteiger partial charge < -0.3 is 9.30 Å². The molecule has 38 heavy (non-hydrogen) atoms. The van der Waals surface area contributed by atoms with Gasteiger partial charge in [0, 0.05) is 12.6 Å². The number of carbonyl (C=O) groups is 2. The zero-order chi connectivity index (χ0) is 27.2. The number of rotatable bonds is 7. The molecule has 0 aliphatic carbocycles. The SMILES string of the molecule is CCOC(=O)NC(=O)/C(C#N)=N\Nc1cc(Cl)c(-n2ncc3c2ccc(=O)n3CC2CCSCC2)c(Cl)c1. The van der Waals surface area contributed by atoms with Crippen LogP contribution in [0, 0.1) is 17.2 Å². The van der Waals surface area contributed by atoms with Crippen LogP contribution in [0.25, 0.3) is 16.7 Å². The van der Waals surface area contributed by atoms with Crippen LogP contribution in [-0.4, -0.2) is 50.2 Å². The van der Waals surface area contributed by atoms with Crippen molar-refractivity contribution in [3.63, 3.8) is 0 Å². The van der Waals surface area contributed by atoms with Gasteiger partial charge in [0.05, 0.1) is 39.6 Å². The normalized spacial score (nSPS) is 14.2. The van der Waals surface area contributed by atoms with Crippen molar-refractivity contribution >= 4 is 69.4 Å². The number of anilines is 1. The van der Waals surface area contributed by atoms with E-state index in [0.717, 1.165) is 24.3 Å². The Labute approximate surface area is 231 Å². The van der Waals surface area contributed by atoms with Crippen molar-refractivity contribution < 1.29 is 14.3 Å². The van der Waals surface area contributed by atoms with E-state index >= 15 is 0 Å². The monoisotopic (exact) mass is 575 g/mol. The number of hydrazone groups is 1. The Morgan fingerprint density at radius 2 is 1.95 bits per heavy atom. The van der Waals surface area contributed by atoms with Crippen molar-refractivity contribution in [1.82, 2.24) is 19.7 Å². The van der Waals surface area contributed by atoms with E-state index in [9.17, 15) is 19.6 Å². The summed E-state index contributed by atoms with van der Waals surface area (Å²) in [4.78, 5) is 36.1. The van der Waals surface area contributed by atoms with Crippen molar-refractivity contribution in [3.05, 3.63) is 50.9 Å². The number of nitrogens with zero attached hydrogens (tertiary/aromatic N) is 5. The molecule has 1 aliphatic heterocycles. The molecule has 4 rings (SSSR count). The second-order valence-corrected chi connectivity index (χ2v) is 10.4. The van der Waals surface area contributed by atoms with Gasteiger partial charge in [-0.15, -0.1) is 0 Å². The predicted molar refractivity (Wildman–Crippen MR) is 147 cm³/mol. The number of benzene rings is 1. The lowest BCUT2D eigenvalue weighted by Gasteiger charge is -2.22. The average Bonchev–Trinajstić information content (AvgIpc) is 3.30. The van der Waals surface area contributed by atoms with E-state index < -0.39 is 17.7 Å². The van der Waals surface area contributed by atoms with Crippen LogP contribution in [0.1, 0.15) is 19.8 Å². The zero-order valence-electron chi connectivity index (χ0n) is 20.2. The number of carbonyl (C=O) groups excluding carboxylic acids is 2. The number of ether oxygens (including phenoxy) is 1. The van der Waals surface area contributed by atoms with Gasteiger partial charge in [-0.2, -0.15) is 27.2 Å². The quantitative estimate of drug-likeness (QED) is 0.315. The van der Waals surface area contributed by atoms with Gasteiger partial charge in [0.2, 0.25) is 5.71 Å². The highest BCUT2D eigenvalue weighted by Crippen LogP contribution is 2.34. The number of hydrogen-bond donors (Lipinski definition) is 2. The van der Waals surface area contributed by atoms with Crippen LogP contribution in [0.4, 0.5) is 10.5 Å². The minimum atomic E-state index is -1.03. The molecular formula is C24H23Cl2N7O4S. The maximum Gasteiger partial charge on any atom is 0.414 e. The van der Waals surface area contributed by atoms with E-state index in [2.05, 4.69) is 20.4 Å². The highest BCUT2D eigenvalue weighted by atomic mass is 35.5. The van der Waals surface area contributed by atoms with E-state index in [-0.39, 0.29) is 27.9 Å². The van der Waals surface area contributed by atoms with Crippen LogP contribution >= 0.6 is 35.0 Å². The van der Waals surface area contributed by atoms with Crippen LogP contribution in [-0.2, 0) is 16.1 Å². The summed E-state index contributed by atoms with van der Waals surface area (Å²) < 4.78 is 7.92. The molecule has 0 saturated carbocycles. The first-order valence-corrected chi connectivity index (χ1v) is 13.6. The summed E-state index contributed by atoms with van der Waals surface area (Å²) >= 11 is 15.1. The van der Waals surface area contributed by atoms with Crippen molar-refractivity contribution in [2.24, 2.45) is 11.0 Å². The lowest BCUT2D eigenvalue weighted by molar-refractivity contribution is -0.114. The second-order valence-electron chi connectivity index (χ2n) is 8.31. The molecule has 2 aromatic heterocycles. The number of hydrogen-bond acceptors (Lipinski definition) is 9. The summed E-state index contributed by atoms with van der Waals surface area (Å²) in [6.07, 6.45) is 2.76. The number of nitriles is 1. The van der Waals surface area contributed by atoms with Crippen LogP contribution in [0.3, 0.4) is 0 Å². The number of aromatic nitrogens is 3. The highest BCUT2D eigenvalue weighted by molar-refractivity contribution is 7.99. The van der Waals surface area contributed by atoms with Crippen molar-refractivity contribution in [3.8, 4) is 11.8 Å². The number of fused-ring (bicyclic) bond motifs is 1. The Hall–Kier alpha value is -3.53.